The molecule has 1 aliphatic carbocycles. The number of hydrogen-bond acceptors (Lipinski definition) is 2. The Balaban J connectivity index is 1.67. The highest BCUT2D eigenvalue weighted by molar-refractivity contribution is 6.31. The Morgan fingerprint density at radius 3 is 2.82 bits per heavy atom. The molecule has 22 heavy (non-hydrogen) atoms. The van der Waals surface area contributed by atoms with E-state index >= 15 is 0 Å². The third-order valence-electron chi connectivity index (χ3n) is 4.78. The molecule has 0 aromatic heterocycles. The van der Waals surface area contributed by atoms with E-state index in [4.69, 9.17) is 16.3 Å². The summed E-state index contributed by atoms with van der Waals surface area (Å²) in [6.07, 6.45) is 1.38. The standard InChI is InChI=1S/C18H15ClO3/c19-15-8-13-14-9-18(14,17(20)21)10-22-16(13)7-12(15)6-11-4-2-1-3-5-11/h1-5,7-8,14H,6,9-10H2,(H,20,21). The quantitative estimate of drug-likeness (QED) is 0.935. The van der Waals surface area contributed by atoms with Gasteiger partial charge in [0.15, 0.2) is 0 Å². The van der Waals surface area contributed by atoms with Crippen LogP contribution in [0.4, 0.5) is 0 Å². The molecule has 2 aliphatic rings. The van der Waals surface area contributed by atoms with Crippen LogP contribution in [0.25, 0.3) is 0 Å². The van der Waals surface area contributed by atoms with Crippen LogP contribution in [0.1, 0.15) is 29.0 Å². The normalized spacial score (nSPS) is 24.9. The van der Waals surface area contributed by atoms with Crippen molar-refractivity contribution in [3.05, 3.63) is 64.2 Å². The van der Waals surface area contributed by atoms with Crippen LogP contribution >= 0.6 is 11.6 Å². The van der Waals surface area contributed by atoms with Crippen LogP contribution in [0, 0.1) is 5.41 Å². The molecular formula is C18H15ClO3. The van der Waals surface area contributed by atoms with Crippen LogP contribution in [0.15, 0.2) is 42.5 Å². The first kappa shape index (κ1) is 13.6. The lowest BCUT2D eigenvalue weighted by Crippen LogP contribution is -2.28. The Labute approximate surface area is 133 Å². The minimum atomic E-state index is -0.771. The lowest BCUT2D eigenvalue weighted by atomic mass is 9.94. The average molecular weight is 315 g/mol. The molecule has 1 fully saturated rings. The topological polar surface area (TPSA) is 46.5 Å². The molecule has 112 valence electrons. The molecule has 1 aliphatic heterocycles. The third kappa shape index (κ3) is 2.00. The summed E-state index contributed by atoms with van der Waals surface area (Å²) in [5, 5.41) is 10.1. The first-order chi connectivity index (χ1) is 10.6. The van der Waals surface area contributed by atoms with Crippen molar-refractivity contribution in [2.45, 2.75) is 18.8 Å². The van der Waals surface area contributed by atoms with Crippen molar-refractivity contribution in [3.63, 3.8) is 0 Å². The van der Waals surface area contributed by atoms with Crippen LogP contribution in [-0.2, 0) is 11.2 Å². The lowest BCUT2D eigenvalue weighted by Gasteiger charge is -2.23. The fourth-order valence-corrected chi connectivity index (χ4v) is 3.58. The molecule has 1 N–H and O–H groups in total. The molecule has 4 rings (SSSR count). The van der Waals surface area contributed by atoms with E-state index in [1.165, 1.54) is 5.56 Å². The molecule has 2 aromatic rings. The monoisotopic (exact) mass is 314 g/mol. The van der Waals surface area contributed by atoms with Crippen molar-refractivity contribution in [2.24, 2.45) is 5.41 Å². The number of ether oxygens (including phenoxy) is 1. The Bertz CT molecular complexity index is 756. The molecule has 2 atom stereocenters. The summed E-state index contributed by atoms with van der Waals surface area (Å²) in [6.45, 7) is 0.256. The van der Waals surface area contributed by atoms with Crippen LogP contribution in [0.5, 0.6) is 5.75 Å². The van der Waals surface area contributed by atoms with Gasteiger partial charge >= 0.3 is 5.97 Å². The summed E-state index contributed by atoms with van der Waals surface area (Å²) in [4.78, 5) is 11.4. The number of rotatable bonds is 3. The summed E-state index contributed by atoms with van der Waals surface area (Å²) < 4.78 is 5.74. The summed E-state index contributed by atoms with van der Waals surface area (Å²) in [6, 6.07) is 14.0. The number of hydrogen-bond donors (Lipinski definition) is 1. The largest absolute Gasteiger partial charge is 0.492 e. The number of halogens is 1. The molecule has 0 amide bonds. The summed E-state index contributed by atoms with van der Waals surface area (Å²) in [7, 11) is 0. The maximum absolute atomic E-state index is 11.4. The fraction of sp³-hybridized carbons (Fsp3) is 0.278. The van der Waals surface area contributed by atoms with E-state index in [-0.39, 0.29) is 12.5 Å². The highest BCUT2D eigenvalue weighted by atomic mass is 35.5. The zero-order chi connectivity index (χ0) is 15.3. The van der Waals surface area contributed by atoms with Gasteiger partial charge in [-0.3, -0.25) is 4.79 Å². The van der Waals surface area contributed by atoms with Gasteiger partial charge in [0.2, 0.25) is 0 Å². The van der Waals surface area contributed by atoms with Gasteiger partial charge in [-0.2, -0.15) is 0 Å². The Kier molecular flexibility index (Phi) is 2.95. The van der Waals surface area contributed by atoms with Crippen molar-refractivity contribution < 1.29 is 14.6 Å². The van der Waals surface area contributed by atoms with Crippen molar-refractivity contribution >= 4 is 17.6 Å². The van der Waals surface area contributed by atoms with Gasteiger partial charge in [0.1, 0.15) is 17.8 Å². The molecule has 0 spiro atoms. The molecule has 1 heterocycles. The van der Waals surface area contributed by atoms with E-state index in [1.54, 1.807) is 0 Å². The van der Waals surface area contributed by atoms with Gasteiger partial charge in [0.25, 0.3) is 0 Å². The van der Waals surface area contributed by atoms with E-state index in [0.29, 0.717) is 11.4 Å². The molecule has 1 saturated carbocycles. The first-order valence-electron chi connectivity index (χ1n) is 7.32. The molecule has 0 saturated heterocycles. The minimum absolute atomic E-state index is 0.0389. The van der Waals surface area contributed by atoms with Crippen LogP contribution in [0.2, 0.25) is 5.02 Å². The zero-order valence-electron chi connectivity index (χ0n) is 11.9. The number of benzene rings is 2. The van der Waals surface area contributed by atoms with Gasteiger partial charge in [-0.05, 0) is 36.1 Å². The van der Waals surface area contributed by atoms with Crippen LogP contribution < -0.4 is 4.74 Å². The second-order valence-electron chi connectivity index (χ2n) is 6.15. The summed E-state index contributed by atoms with van der Waals surface area (Å²) >= 11 is 6.42. The van der Waals surface area contributed by atoms with Crippen molar-refractivity contribution in [3.8, 4) is 5.75 Å². The number of carboxylic acid groups (broad SMARTS) is 1. The molecule has 0 bridgehead atoms. The predicted molar refractivity (Wildman–Crippen MR) is 83.6 cm³/mol. The average Bonchev–Trinajstić information content (AvgIpc) is 3.26. The van der Waals surface area contributed by atoms with E-state index in [9.17, 15) is 9.90 Å². The van der Waals surface area contributed by atoms with Gasteiger partial charge in [0, 0.05) is 16.5 Å². The van der Waals surface area contributed by atoms with Gasteiger partial charge in [-0.25, -0.2) is 0 Å². The van der Waals surface area contributed by atoms with Gasteiger partial charge in [0.05, 0.1) is 0 Å². The van der Waals surface area contributed by atoms with Gasteiger partial charge in [-0.15, -0.1) is 0 Å². The van der Waals surface area contributed by atoms with E-state index in [1.807, 2.05) is 30.3 Å². The molecule has 3 nitrogen and oxygen atoms in total. The van der Waals surface area contributed by atoms with Crippen molar-refractivity contribution in [2.75, 3.05) is 6.61 Å². The molecule has 2 aromatic carbocycles. The summed E-state index contributed by atoms with van der Waals surface area (Å²) in [5.74, 6) is 0.0550. The highest BCUT2D eigenvalue weighted by Crippen LogP contribution is 2.64. The van der Waals surface area contributed by atoms with Crippen LogP contribution in [-0.4, -0.2) is 17.7 Å². The second-order valence-corrected chi connectivity index (χ2v) is 6.56. The van der Waals surface area contributed by atoms with E-state index in [2.05, 4.69) is 12.1 Å². The molecule has 0 radical (unpaired) electrons. The van der Waals surface area contributed by atoms with E-state index in [0.717, 1.165) is 23.3 Å². The van der Waals surface area contributed by atoms with Gasteiger partial charge < -0.3 is 9.84 Å². The number of carbonyl (C=O) groups is 1. The second kappa shape index (κ2) is 4.75. The molecular weight excluding hydrogens is 300 g/mol. The van der Waals surface area contributed by atoms with Gasteiger partial charge in [-0.1, -0.05) is 41.9 Å². The molecule has 2 unspecified atom stereocenters. The zero-order valence-corrected chi connectivity index (χ0v) is 12.6. The maximum Gasteiger partial charge on any atom is 0.313 e. The third-order valence-corrected chi connectivity index (χ3v) is 5.13. The van der Waals surface area contributed by atoms with E-state index < -0.39 is 11.4 Å². The smallest absolute Gasteiger partial charge is 0.313 e. The summed E-state index contributed by atoms with van der Waals surface area (Å²) in [5.41, 5.74) is 2.41. The Morgan fingerprint density at radius 2 is 2.09 bits per heavy atom. The fourth-order valence-electron chi connectivity index (χ4n) is 3.34. The molecule has 4 heteroatoms. The van der Waals surface area contributed by atoms with Crippen LogP contribution in [0.3, 0.4) is 0 Å². The predicted octanol–water partition coefficient (Wildman–Crippen LogP) is 3.88. The number of aliphatic carboxylic acids is 1. The van der Waals surface area contributed by atoms with Crippen molar-refractivity contribution in [1.29, 1.82) is 0 Å². The number of fused-ring (bicyclic) bond motifs is 3. The Morgan fingerprint density at radius 1 is 1.32 bits per heavy atom. The SMILES string of the molecule is O=C(O)C12COc3cc(Cc4ccccc4)c(Cl)cc3C1C2. The maximum atomic E-state index is 11.4. The number of carboxylic acids is 1. The minimum Gasteiger partial charge on any atom is -0.492 e. The van der Waals surface area contributed by atoms with Crippen molar-refractivity contribution in [1.82, 2.24) is 0 Å². The highest BCUT2D eigenvalue weighted by Gasteiger charge is 2.64. The Hall–Kier alpha value is -2.00. The lowest BCUT2D eigenvalue weighted by molar-refractivity contribution is -0.145. The first-order valence-corrected chi connectivity index (χ1v) is 7.70.